The van der Waals surface area contributed by atoms with E-state index in [1.807, 2.05) is 6.92 Å². The lowest BCUT2D eigenvalue weighted by atomic mass is 10.2. The fourth-order valence-corrected chi connectivity index (χ4v) is 1.06. The Balaban J connectivity index is 3.05. The number of carbonyl (C=O) groups is 1. The first-order chi connectivity index (χ1) is 7.04. The highest BCUT2D eigenvalue weighted by Crippen LogP contribution is 2.15. The number of primary amides is 1. The molecule has 0 aliphatic carbocycles. The van der Waals surface area contributed by atoms with Crippen LogP contribution < -0.4 is 16.8 Å². The van der Waals surface area contributed by atoms with E-state index < -0.39 is 5.91 Å². The Morgan fingerprint density at radius 3 is 2.93 bits per heavy atom. The van der Waals surface area contributed by atoms with E-state index >= 15 is 0 Å². The molecule has 80 valence electrons. The monoisotopic (exact) mass is 206 g/mol. The van der Waals surface area contributed by atoms with Gasteiger partial charge in [-0.3, -0.25) is 4.79 Å². The van der Waals surface area contributed by atoms with Crippen molar-refractivity contribution in [3.63, 3.8) is 0 Å². The van der Waals surface area contributed by atoms with Gasteiger partial charge < -0.3 is 16.8 Å². The Morgan fingerprint density at radius 1 is 1.73 bits per heavy atom. The molecule has 15 heavy (non-hydrogen) atoms. The second-order valence-corrected chi connectivity index (χ2v) is 3.20. The van der Waals surface area contributed by atoms with Gasteiger partial charge >= 0.3 is 0 Å². The molecule has 0 fully saturated rings. The number of amides is 1. The Hall–Kier alpha value is -2.04. The molecule has 1 atom stereocenters. The van der Waals surface area contributed by atoms with Crippen LogP contribution in [0.15, 0.2) is 24.9 Å². The summed E-state index contributed by atoms with van der Waals surface area (Å²) < 4.78 is 0. The van der Waals surface area contributed by atoms with Crippen LogP contribution in [0.5, 0.6) is 0 Å². The number of pyridine rings is 1. The third kappa shape index (κ3) is 2.70. The van der Waals surface area contributed by atoms with Gasteiger partial charge in [-0.05, 0) is 13.0 Å². The molecule has 0 spiro atoms. The molecule has 0 saturated carbocycles. The standard InChI is InChI=1S/C10H14N4O/c1-3-6(2)14-10-8(9(12)15)4-7(11)5-13-10/h3-6H,1,11H2,2H3,(H2,12,15)(H,13,14). The van der Waals surface area contributed by atoms with Crippen LogP contribution in [0.25, 0.3) is 0 Å². The summed E-state index contributed by atoms with van der Waals surface area (Å²) in [6.07, 6.45) is 3.16. The van der Waals surface area contributed by atoms with Crippen molar-refractivity contribution in [3.8, 4) is 0 Å². The van der Waals surface area contributed by atoms with Gasteiger partial charge in [0.2, 0.25) is 0 Å². The fraction of sp³-hybridized carbons (Fsp3) is 0.200. The van der Waals surface area contributed by atoms with Gasteiger partial charge in [-0.15, -0.1) is 6.58 Å². The lowest BCUT2D eigenvalue weighted by Crippen LogP contribution is -2.19. The number of carbonyl (C=O) groups excluding carboxylic acids is 1. The molecule has 1 aromatic heterocycles. The molecule has 5 nitrogen and oxygen atoms in total. The van der Waals surface area contributed by atoms with Crippen molar-refractivity contribution in [2.24, 2.45) is 5.73 Å². The van der Waals surface area contributed by atoms with Gasteiger partial charge in [-0.25, -0.2) is 4.98 Å². The molecule has 1 aromatic rings. The molecule has 1 rings (SSSR count). The predicted octanol–water partition coefficient (Wildman–Crippen LogP) is 0.749. The van der Waals surface area contributed by atoms with Crippen LogP contribution in [0.4, 0.5) is 11.5 Å². The van der Waals surface area contributed by atoms with Gasteiger partial charge in [-0.1, -0.05) is 6.08 Å². The minimum atomic E-state index is -0.562. The number of rotatable bonds is 4. The summed E-state index contributed by atoms with van der Waals surface area (Å²) in [6.45, 7) is 5.50. The first kappa shape index (κ1) is 11.0. The zero-order valence-electron chi connectivity index (χ0n) is 8.53. The number of nitrogens with two attached hydrogens (primary N) is 2. The Kier molecular flexibility index (Phi) is 3.28. The molecule has 5 heteroatoms. The second-order valence-electron chi connectivity index (χ2n) is 3.20. The average Bonchev–Trinajstić information content (AvgIpc) is 2.20. The van der Waals surface area contributed by atoms with Crippen LogP contribution in [0.3, 0.4) is 0 Å². The third-order valence-electron chi connectivity index (χ3n) is 1.89. The number of hydrogen-bond acceptors (Lipinski definition) is 4. The van der Waals surface area contributed by atoms with Crippen LogP contribution in [-0.2, 0) is 0 Å². The summed E-state index contributed by atoms with van der Waals surface area (Å²) in [7, 11) is 0. The van der Waals surface area contributed by atoms with Crippen LogP contribution >= 0.6 is 0 Å². The second kappa shape index (κ2) is 4.45. The smallest absolute Gasteiger partial charge is 0.252 e. The first-order valence-corrected chi connectivity index (χ1v) is 4.49. The van der Waals surface area contributed by atoms with Crippen LogP contribution in [-0.4, -0.2) is 16.9 Å². The molecule has 0 aliphatic rings. The van der Waals surface area contributed by atoms with Crippen molar-refractivity contribution in [1.29, 1.82) is 0 Å². The van der Waals surface area contributed by atoms with Gasteiger partial charge in [0, 0.05) is 6.04 Å². The zero-order valence-corrected chi connectivity index (χ0v) is 8.53. The summed E-state index contributed by atoms with van der Waals surface area (Å²) in [5.74, 6) is -0.141. The van der Waals surface area contributed by atoms with Gasteiger partial charge in [0.05, 0.1) is 17.4 Å². The number of nitrogens with zero attached hydrogens (tertiary/aromatic N) is 1. The van der Waals surface area contributed by atoms with E-state index in [1.54, 1.807) is 6.08 Å². The maximum absolute atomic E-state index is 11.1. The maximum atomic E-state index is 11.1. The summed E-state index contributed by atoms with van der Waals surface area (Å²) in [5, 5.41) is 2.98. The molecule has 1 unspecified atom stereocenters. The van der Waals surface area contributed by atoms with Crippen LogP contribution in [0, 0.1) is 0 Å². The van der Waals surface area contributed by atoms with E-state index in [0.717, 1.165) is 0 Å². The molecule has 1 heterocycles. The molecule has 0 aromatic carbocycles. The largest absolute Gasteiger partial charge is 0.397 e. The van der Waals surface area contributed by atoms with Crippen molar-refractivity contribution < 1.29 is 4.79 Å². The van der Waals surface area contributed by atoms with Gasteiger partial charge in [0.15, 0.2) is 0 Å². The van der Waals surface area contributed by atoms with E-state index in [0.29, 0.717) is 11.5 Å². The molecule has 1 amide bonds. The SMILES string of the molecule is C=CC(C)Nc1ncc(N)cc1C(N)=O. The Labute approximate surface area is 88.2 Å². The molecule has 0 saturated heterocycles. The van der Waals surface area contributed by atoms with Gasteiger partial charge in [-0.2, -0.15) is 0 Å². The minimum Gasteiger partial charge on any atom is -0.397 e. The molecular weight excluding hydrogens is 192 g/mol. The number of hydrogen-bond donors (Lipinski definition) is 3. The summed E-state index contributed by atoms with van der Waals surface area (Å²) in [5.41, 5.74) is 11.4. The summed E-state index contributed by atoms with van der Waals surface area (Å²) in [6, 6.07) is 1.49. The van der Waals surface area contributed by atoms with Crippen molar-refractivity contribution in [1.82, 2.24) is 4.98 Å². The van der Waals surface area contributed by atoms with E-state index in [9.17, 15) is 4.79 Å². The zero-order chi connectivity index (χ0) is 11.4. The number of nitrogens with one attached hydrogen (secondary N) is 1. The van der Waals surface area contributed by atoms with Gasteiger partial charge in [0.1, 0.15) is 5.82 Å². The van der Waals surface area contributed by atoms with Gasteiger partial charge in [0.25, 0.3) is 5.91 Å². The lowest BCUT2D eigenvalue weighted by molar-refractivity contribution is 0.100. The minimum absolute atomic E-state index is 0.000718. The van der Waals surface area contributed by atoms with Crippen molar-refractivity contribution >= 4 is 17.4 Å². The Morgan fingerprint density at radius 2 is 2.40 bits per heavy atom. The fourth-order valence-electron chi connectivity index (χ4n) is 1.06. The number of anilines is 2. The number of aromatic nitrogens is 1. The topological polar surface area (TPSA) is 94.0 Å². The van der Waals surface area contributed by atoms with Crippen LogP contribution in [0.1, 0.15) is 17.3 Å². The molecule has 0 radical (unpaired) electrons. The normalized spacial score (nSPS) is 11.8. The quantitative estimate of drug-likeness (QED) is 0.633. The maximum Gasteiger partial charge on any atom is 0.252 e. The predicted molar refractivity (Wildman–Crippen MR) is 60.4 cm³/mol. The van der Waals surface area contributed by atoms with E-state index in [-0.39, 0.29) is 11.6 Å². The molecule has 0 aliphatic heterocycles. The highest BCUT2D eigenvalue weighted by atomic mass is 16.1. The Bertz CT molecular complexity index is 389. The molecular formula is C10H14N4O. The van der Waals surface area contributed by atoms with E-state index in [1.165, 1.54) is 12.3 Å². The summed E-state index contributed by atoms with van der Waals surface area (Å²) >= 11 is 0. The van der Waals surface area contributed by atoms with Crippen molar-refractivity contribution in [2.75, 3.05) is 11.1 Å². The highest BCUT2D eigenvalue weighted by Gasteiger charge is 2.10. The van der Waals surface area contributed by atoms with Crippen molar-refractivity contribution in [2.45, 2.75) is 13.0 Å². The van der Waals surface area contributed by atoms with E-state index in [2.05, 4.69) is 16.9 Å². The first-order valence-electron chi connectivity index (χ1n) is 4.49. The molecule has 0 bridgehead atoms. The highest BCUT2D eigenvalue weighted by molar-refractivity contribution is 5.98. The average molecular weight is 206 g/mol. The molecule has 5 N–H and O–H groups in total. The summed E-state index contributed by atoms with van der Waals surface area (Å²) in [4.78, 5) is 15.1. The van der Waals surface area contributed by atoms with Crippen molar-refractivity contribution in [3.05, 3.63) is 30.5 Å². The lowest BCUT2D eigenvalue weighted by Gasteiger charge is -2.12. The number of nitrogen functional groups attached to an aromatic ring is 1. The van der Waals surface area contributed by atoms with E-state index in [4.69, 9.17) is 11.5 Å². The third-order valence-corrected chi connectivity index (χ3v) is 1.89. The van der Waals surface area contributed by atoms with Crippen LogP contribution in [0.2, 0.25) is 0 Å².